The van der Waals surface area contributed by atoms with Crippen LogP contribution in [0.3, 0.4) is 0 Å². The quantitative estimate of drug-likeness (QED) is 0.725. The van der Waals surface area contributed by atoms with Gasteiger partial charge in [-0.15, -0.1) is 11.8 Å². The summed E-state index contributed by atoms with van der Waals surface area (Å²) in [5.74, 6) is 0. The van der Waals surface area contributed by atoms with Crippen molar-refractivity contribution in [3.05, 3.63) is 22.9 Å². The van der Waals surface area contributed by atoms with Crippen LogP contribution < -0.4 is 0 Å². The first-order chi connectivity index (χ1) is 5.20. The predicted molar refractivity (Wildman–Crippen MR) is 52.9 cm³/mol. The zero-order valence-corrected chi connectivity index (χ0v) is 8.95. The van der Waals surface area contributed by atoms with Crippen LogP contribution in [0.4, 0.5) is 0 Å². The average molecular weight is 232 g/mol. The van der Waals surface area contributed by atoms with Crippen LogP contribution in [0.2, 0.25) is 0 Å². The maximum Gasteiger partial charge on any atom is 0.0415 e. The average Bonchev–Trinajstić information content (AvgIpc) is 1.93. The summed E-state index contributed by atoms with van der Waals surface area (Å²) in [5, 5.41) is 0.607. The lowest BCUT2D eigenvalue weighted by Crippen LogP contribution is -1.87. The third-order valence-electron chi connectivity index (χ3n) is 1.10. The van der Waals surface area contributed by atoms with Gasteiger partial charge in [-0.05, 0) is 22.0 Å². The van der Waals surface area contributed by atoms with E-state index >= 15 is 0 Å². The topological polar surface area (TPSA) is 12.9 Å². The van der Waals surface area contributed by atoms with Crippen LogP contribution in [0, 0.1) is 0 Å². The lowest BCUT2D eigenvalue weighted by Gasteiger charge is -2.04. The summed E-state index contributed by atoms with van der Waals surface area (Å²) in [4.78, 5) is 5.26. The largest absolute Gasteiger partial charge is 0.263 e. The molecule has 1 nitrogen and oxygen atoms in total. The summed E-state index contributed by atoms with van der Waals surface area (Å²) in [7, 11) is 0. The Balaban J connectivity index is 2.78. The Morgan fingerprint density at radius 3 is 2.82 bits per heavy atom. The minimum absolute atomic E-state index is 0.607. The minimum Gasteiger partial charge on any atom is -0.263 e. The van der Waals surface area contributed by atoms with E-state index in [4.69, 9.17) is 0 Å². The fourth-order valence-electron chi connectivity index (χ4n) is 0.704. The second-order valence-corrected chi connectivity index (χ2v) is 4.95. The number of hydrogen-bond donors (Lipinski definition) is 0. The van der Waals surface area contributed by atoms with Crippen molar-refractivity contribution in [1.82, 2.24) is 4.98 Å². The molecule has 0 aliphatic carbocycles. The van der Waals surface area contributed by atoms with Crippen molar-refractivity contribution in [2.24, 2.45) is 0 Å². The number of halogens is 1. The Kier molecular flexibility index (Phi) is 3.40. The molecule has 0 spiro atoms. The van der Waals surface area contributed by atoms with Gasteiger partial charge in [0, 0.05) is 27.0 Å². The van der Waals surface area contributed by atoms with Gasteiger partial charge in [0.15, 0.2) is 0 Å². The Morgan fingerprint density at radius 1 is 1.55 bits per heavy atom. The maximum atomic E-state index is 4.05. The summed E-state index contributed by atoms with van der Waals surface area (Å²) >= 11 is 5.28. The zero-order chi connectivity index (χ0) is 8.27. The molecule has 0 fully saturated rings. The molecule has 3 heteroatoms. The molecule has 0 atom stereocenters. The molecule has 0 aliphatic rings. The molecular weight excluding hydrogens is 222 g/mol. The summed E-state index contributed by atoms with van der Waals surface area (Å²) in [6.45, 7) is 4.34. The van der Waals surface area contributed by atoms with Gasteiger partial charge in [-0.2, -0.15) is 0 Å². The van der Waals surface area contributed by atoms with E-state index in [1.165, 1.54) is 4.90 Å². The van der Waals surface area contributed by atoms with Crippen molar-refractivity contribution in [2.75, 3.05) is 0 Å². The third kappa shape index (κ3) is 2.83. The molecule has 1 rings (SSSR count). The molecule has 0 amide bonds. The summed E-state index contributed by atoms with van der Waals surface area (Å²) < 4.78 is 1.13. The standard InChI is InChI=1S/C8H10BrNS/c1-6(2)11-8-5-10-4-3-7(8)9/h3-6H,1-2H3. The van der Waals surface area contributed by atoms with Crippen LogP contribution in [-0.2, 0) is 0 Å². The van der Waals surface area contributed by atoms with Crippen LogP contribution in [-0.4, -0.2) is 10.2 Å². The van der Waals surface area contributed by atoms with Crippen molar-refractivity contribution >= 4 is 27.7 Å². The highest BCUT2D eigenvalue weighted by molar-refractivity contribution is 9.10. The van der Waals surface area contributed by atoms with E-state index in [-0.39, 0.29) is 0 Å². The molecule has 0 bridgehead atoms. The molecule has 0 radical (unpaired) electrons. The Labute approximate surface area is 79.7 Å². The van der Waals surface area contributed by atoms with E-state index < -0.39 is 0 Å². The van der Waals surface area contributed by atoms with Crippen molar-refractivity contribution in [3.8, 4) is 0 Å². The summed E-state index contributed by atoms with van der Waals surface area (Å²) in [6, 6.07) is 1.96. The molecule has 0 saturated heterocycles. The van der Waals surface area contributed by atoms with E-state index in [0.29, 0.717) is 5.25 Å². The molecule has 11 heavy (non-hydrogen) atoms. The SMILES string of the molecule is CC(C)Sc1cnccc1Br. The maximum absolute atomic E-state index is 4.05. The van der Waals surface area contributed by atoms with Crippen molar-refractivity contribution in [1.29, 1.82) is 0 Å². The number of aromatic nitrogens is 1. The highest BCUT2D eigenvalue weighted by atomic mass is 79.9. The van der Waals surface area contributed by atoms with Gasteiger partial charge in [-0.3, -0.25) is 4.98 Å². The highest BCUT2D eigenvalue weighted by Crippen LogP contribution is 2.28. The van der Waals surface area contributed by atoms with Gasteiger partial charge in [-0.1, -0.05) is 13.8 Å². The van der Waals surface area contributed by atoms with Gasteiger partial charge in [0.25, 0.3) is 0 Å². The molecule has 60 valence electrons. The van der Waals surface area contributed by atoms with E-state index in [9.17, 15) is 0 Å². The van der Waals surface area contributed by atoms with Gasteiger partial charge in [-0.25, -0.2) is 0 Å². The number of hydrogen-bond acceptors (Lipinski definition) is 2. The van der Waals surface area contributed by atoms with Gasteiger partial charge in [0.05, 0.1) is 0 Å². The van der Waals surface area contributed by atoms with Gasteiger partial charge < -0.3 is 0 Å². The smallest absolute Gasteiger partial charge is 0.0415 e. The monoisotopic (exact) mass is 231 g/mol. The number of rotatable bonds is 2. The van der Waals surface area contributed by atoms with Crippen LogP contribution in [0.5, 0.6) is 0 Å². The fraction of sp³-hybridized carbons (Fsp3) is 0.375. The molecule has 1 heterocycles. The molecule has 1 aromatic rings. The lowest BCUT2D eigenvalue weighted by molar-refractivity contribution is 1.10. The molecule has 0 aromatic carbocycles. The van der Waals surface area contributed by atoms with E-state index in [0.717, 1.165) is 4.47 Å². The van der Waals surface area contributed by atoms with Crippen LogP contribution in [0.1, 0.15) is 13.8 Å². The Bertz CT molecular complexity index is 237. The molecule has 0 aliphatic heterocycles. The van der Waals surface area contributed by atoms with Crippen molar-refractivity contribution in [3.63, 3.8) is 0 Å². The van der Waals surface area contributed by atoms with Gasteiger partial charge in [0.2, 0.25) is 0 Å². The molecular formula is C8H10BrNS. The highest BCUT2D eigenvalue weighted by Gasteiger charge is 2.01. The minimum atomic E-state index is 0.607. The molecule has 1 aromatic heterocycles. The normalized spacial score (nSPS) is 10.5. The lowest BCUT2D eigenvalue weighted by atomic mass is 10.5. The Morgan fingerprint density at radius 2 is 2.27 bits per heavy atom. The zero-order valence-electron chi connectivity index (χ0n) is 6.54. The molecule has 0 unspecified atom stereocenters. The van der Waals surface area contributed by atoms with E-state index in [1.54, 1.807) is 6.20 Å². The summed E-state index contributed by atoms with van der Waals surface area (Å²) in [5.41, 5.74) is 0. The van der Waals surface area contributed by atoms with Crippen molar-refractivity contribution < 1.29 is 0 Å². The first kappa shape index (κ1) is 9.07. The first-order valence-corrected chi connectivity index (χ1v) is 5.13. The van der Waals surface area contributed by atoms with Gasteiger partial charge in [0.1, 0.15) is 0 Å². The molecule has 0 saturated carbocycles. The predicted octanol–water partition coefficient (Wildman–Crippen LogP) is 3.34. The van der Waals surface area contributed by atoms with E-state index in [2.05, 4.69) is 34.8 Å². The second kappa shape index (κ2) is 4.12. The fourth-order valence-corrected chi connectivity index (χ4v) is 2.01. The second-order valence-electron chi connectivity index (χ2n) is 2.47. The van der Waals surface area contributed by atoms with Crippen LogP contribution in [0.25, 0.3) is 0 Å². The number of nitrogens with zero attached hydrogens (tertiary/aromatic N) is 1. The third-order valence-corrected chi connectivity index (χ3v) is 3.10. The first-order valence-electron chi connectivity index (χ1n) is 3.46. The van der Waals surface area contributed by atoms with Crippen LogP contribution in [0.15, 0.2) is 27.8 Å². The summed E-state index contributed by atoms with van der Waals surface area (Å²) in [6.07, 6.45) is 3.67. The Hall–Kier alpha value is -0.0200. The van der Waals surface area contributed by atoms with Gasteiger partial charge >= 0.3 is 0 Å². The number of pyridine rings is 1. The van der Waals surface area contributed by atoms with Crippen LogP contribution >= 0.6 is 27.7 Å². The van der Waals surface area contributed by atoms with Crippen molar-refractivity contribution in [2.45, 2.75) is 24.0 Å². The van der Waals surface area contributed by atoms with E-state index in [1.807, 2.05) is 24.0 Å². The molecule has 0 N–H and O–H groups in total. The number of thioether (sulfide) groups is 1.